The van der Waals surface area contributed by atoms with E-state index in [0.717, 1.165) is 12.1 Å². The highest BCUT2D eigenvalue weighted by atomic mass is 35.5. The Hall–Kier alpha value is -1.40. The van der Waals surface area contributed by atoms with Crippen molar-refractivity contribution >= 4 is 17.4 Å². The van der Waals surface area contributed by atoms with Crippen LogP contribution >= 0.6 is 11.6 Å². The van der Waals surface area contributed by atoms with Crippen LogP contribution in [0.1, 0.15) is 23.7 Å². The number of halogens is 2. The van der Waals surface area contributed by atoms with E-state index in [1.54, 1.807) is 6.92 Å². The Bertz CT molecular complexity index is 405. The van der Waals surface area contributed by atoms with Gasteiger partial charge in [-0.2, -0.15) is 5.26 Å². The van der Waals surface area contributed by atoms with Crippen LogP contribution in [0.2, 0.25) is 5.02 Å². The van der Waals surface area contributed by atoms with E-state index < -0.39 is 11.7 Å². The summed E-state index contributed by atoms with van der Waals surface area (Å²) in [4.78, 5) is 11.7. The highest BCUT2D eigenvalue weighted by Crippen LogP contribution is 2.18. The van der Waals surface area contributed by atoms with Gasteiger partial charge in [0.2, 0.25) is 0 Å². The Morgan fingerprint density at radius 2 is 2.27 bits per heavy atom. The number of hydrogen-bond acceptors (Lipinski definition) is 2. The van der Waals surface area contributed by atoms with Crippen LogP contribution in [0.15, 0.2) is 18.2 Å². The van der Waals surface area contributed by atoms with E-state index in [1.165, 1.54) is 6.07 Å². The van der Waals surface area contributed by atoms with E-state index in [1.807, 2.05) is 6.07 Å². The van der Waals surface area contributed by atoms with Gasteiger partial charge in [0, 0.05) is 22.9 Å². The lowest BCUT2D eigenvalue weighted by Crippen LogP contribution is -2.10. The lowest BCUT2D eigenvalue weighted by atomic mass is 9.97. The molecule has 0 aliphatic carbocycles. The second-order valence-corrected chi connectivity index (χ2v) is 3.72. The van der Waals surface area contributed by atoms with Gasteiger partial charge in [0.1, 0.15) is 5.82 Å². The minimum atomic E-state index is -0.546. The minimum Gasteiger partial charge on any atom is -0.294 e. The first kappa shape index (κ1) is 11.7. The summed E-state index contributed by atoms with van der Waals surface area (Å²) >= 11 is 5.62. The van der Waals surface area contributed by atoms with Crippen molar-refractivity contribution in [3.05, 3.63) is 34.6 Å². The van der Waals surface area contributed by atoms with Crippen LogP contribution in [0.5, 0.6) is 0 Å². The highest BCUT2D eigenvalue weighted by Gasteiger charge is 2.15. The third-order valence-corrected chi connectivity index (χ3v) is 2.21. The fraction of sp³-hybridized carbons (Fsp3) is 0.273. The van der Waals surface area contributed by atoms with Crippen molar-refractivity contribution in [2.45, 2.75) is 13.3 Å². The second kappa shape index (κ2) is 4.90. The van der Waals surface area contributed by atoms with Crippen molar-refractivity contribution in [3.8, 4) is 6.07 Å². The van der Waals surface area contributed by atoms with Crippen molar-refractivity contribution in [2.24, 2.45) is 5.92 Å². The number of benzene rings is 1. The van der Waals surface area contributed by atoms with Gasteiger partial charge < -0.3 is 0 Å². The lowest BCUT2D eigenvalue weighted by molar-refractivity contribution is 0.0931. The third kappa shape index (κ3) is 3.03. The minimum absolute atomic E-state index is 0.118. The number of carbonyl (C=O) groups excluding carboxylic acids is 1. The SMILES string of the molecule is CC(CC#N)C(=O)c1cc(F)cc(Cl)c1. The van der Waals surface area contributed by atoms with E-state index in [2.05, 4.69) is 0 Å². The summed E-state index contributed by atoms with van der Waals surface area (Å²) in [5.74, 6) is -1.25. The summed E-state index contributed by atoms with van der Waals surface area (Å²) in [5, 5.41) is 8.62. The van der Waals surface area contributed by atoms with Crippen molar-refractivity contribution in [1.29, 1.82) is 5.26 Å². The van der Waals surface area contributed by atoms with Gasteiger partial charge in [0.15, 0.2) is 5.78 Å². The Labute approximate surface area is 92.3 Å². The lowest BCUT2D eigenvalue weighted by Gasteiger charge is -2.06. The first-order valence-corrected chi connectivity index (χ1v) is 4.79. The molecule has 0 amide bonds. The zero-order valence-corrected chi connectivity index (χ0v) is 8.88. The van der Waals surface area contributed by atoms with Crippen molar-refractivity contribution in [3.63, 3.8) is 0 Å². The maximum Gasteiger partial charge on any atom is 0.166 e. The summed E-state index contributed by atoms with van der Waals surface area (Å²) in [6.07, 6.45) is 0.118. The van der Waals surface area contributed by atoms with E-state index in [4.69, 9.17) is 16.9 Å². The first-order valence-electron chi connectivity index (χ1n) is 4.42. The van der Waals surface area contributed by atoms with Crippen LogP contribution in [0.25, 0.3) is 0 Å². The van der Waals surface area contributed by atoms with Gasteiger partial charge in [-0.1, -0.05) is 18.5 Å². The summed E-state index contributed by atoms with van der Waals surface area (Å²) in [7, 11) is 0. The molecular weight excluding hydrogens is 217 g/mol. The van der Waals surface area contributed by atoms with Crippen LogP contribution in [-0.4, -0.2) is 5.78 Å². The van der Waals surface area contributed by atoms with Gasteiger partial charge in [0.05, 0.1) is 6.07 Å². The van der Waals surface area contributed by atoms with Crippen LogP contribution in [0.3, 0.4) is 0 Å². The second-order valence-electron chi connectivity index (χ2n) is 3.29. The molecule has 0 aliphatic heterocycles. The molecule has 1 atom stereocenters. The molecule has 0 bridgehead atoms. The molecule has 1 unspecified atom stereocenters. The zero-order valence-electron chi connectivity index (χ0n) is 8.13. The molecule has 0 aliphatic rings. The largest absolute Gasteiger partial charge is 0.294 e. The van der Waals surface area contributed by atoms with E-state index in [-0.39, 0.29) is 22.8 Å². The third-order valence-electron chi connectivity index (χ3n) is 1.99. The molecule has 4 heteroatoms. The van der Waals surface area contributed by atoms with Crippen LogP contribution in [-0.2, 0) is 0 Å². The number of carbonyl (C=O) groups is 1. The topological polar surface area (TPSA) is 40.9 Å². The molecule has 1 aromatic carbocycles. The summed E-state index contributed by atoms with van der Waals surface area (Å²) < 4.78 is 12.9. The van der Waals surface area contributed by atoms with Crippen LogP contribution in [0.4, 0.5) is 4.39 Å². The molecule has 15 heavy (non-hydrogen) atoms. The van der Waals surface area contributed by atoms with E-state index in [0.29, 0.717) is 0 Å². The van der Waals surface area contributed by atoms with Crippen LogP contribution < -0.4 is 0 Å². The van der Waals surface area contributed by atoms with Gasteiger partial charge in [-0.25, -0.2) is 4.39 Å². The number of ketones is 1. The molecule has 0 aromatic heterocycles. The van der Waals surface area contributed by atoms with Gasteiger partial charge in [-0.15, -0.1) is 0 Å². The standard InChI is InChI=1S/C11H9ClFNO/c1-7(2-3-14)11(15)8-4-9(12)6-10(13)5-8/h4-7H,2H2,1H3. The summed E-state index contributed by atoms with van der Waals surface area (Å²) in [6, 6.07) is 5.56. The average Bonchev–Trinajstić information content (AvgIpc) is 2.15. The summed E-state index contributed by atoms with van der Waals surface area (Å²) in [6.45, 7) is 1.63. The van der Waals surface area contributed by atoms with Crippen molar-refractivity contribution in [1.82, 2.24) is 0 Å². The van der Waals surface area contributed by atoms with Crippen LogP contribution in [0, 0.1) is 23.1 Å². The molecule has 0 spiro atoms. The predicted octanol–water partition coefficient (Wildman–Crippen LogP) is 3.21. The van der Waals surface area contributed by atoms with Crippen molar-refractivity contribution in [2.75, 3.05) is 0 Å². The molecule has 0 N–H and O–H groups in total. The average molecular weight is 226 g/mol. The fourth-order valence-corrected chi connectivity index (χ4v) is 1.43. The molecule has 1 aromatic rings. The molecule has 0 radical (unpaired) electrons. The van der Waals surface area contributed by atoms with Gasteiger partial charge in [-0.3, -0.25) is 4.79 Å². The highest BCUT2D eigenvalue weighted by molar-refractivity contribution is 6.31. The molecular formula is C11H9ClFNO. The fourth-order valence-electron chi connectivity index (χ4n) is 1.21. The first-order chi connectivity index (χ1) is 7.04. The monoisotopic (exact) mass is 225 g/mol. The Kier molecular flexibility index (Phi) is 3.81. The number of Topliss-reactive ketones (excluding diaryl/α,β-unsaturated/α-hetero) is 1. The molecule has 0 saturated heterocycles. The maximum absolute atomic E-state index is 12.9. The number of rotatable bonds is 3. The normalized spacial score (nSPS) is 11.9. The van der Waals surface area contributed by atoms with E-state index in [9.17, 15) is 9.18 Å². The Balaban J connectivity index is 2.97. The molecule has 78 valence electrons. The quantitative estimate of drug-likeness (QED) is 0.741. The van der Waals surface area contributed by atoms with Gasteiger partial charge in [-0.05, 0) is 18.2 Å². The Morgan fingerprint density at radius 1 is 1.60 bits per heavy atom. The molecule has 0 heterocycles. The zero-order chi connectivity index (χ0) is 11.4. The molecule has 1 rings (SSSR count). The van der Waals surface area contributed by atoms with Gasteiger partial charge >= 0.3 is 0 Å². The predicted molar refractivity (Wildman–Crippen MR) is 55.1 cm³/mol. The maximum atomic E-state index is 12.9. The number of hydrogen-bond donors (Lipinski definition) is 0. The van der Waals surface area contributed by atoms with Crippen molar-refractivity contribution < 1.29 is 9.18 Å². The molecule has 0 saturated carbocycles. The molecule has 0 fully saturated rings. The summed E-state index contributed by atoms with van der Waals surface area (Å²) in [5.41, 5.74) is 0.211. The number of nitriles is 1. The molecule has 2 nitrogen and oxygen atoms in total. The van der Waals surface area contributed by atoms with E-state index >= 15 is 0 Å². The van der Waals surface area contributed by atoms with Gasteiger partial charge in [0.25, 0.3) is 0 Å². The Morgan fingerprint density at radius 3 is 2.80 bits per heavy atom. The number of nitrogens with zero attached hydrogens (tertiary/aromatic N) is 1. The smallest absolute Gasteiger partial charge is 0.166 e.